The molecule has 22 heavy (non-hydrogen) atoms. The van der Waals surface area contributed by atoms with Gasteiger partial charge in [0.15, 0.2) is 11.5 Å². The average Bonchev–Trinajstić information content (AvgIpc) is 2.55. The van der Waals surface area contributed by atoms with Crippen LogP contribution in [-0.2, 0) is 0 Å². The van der Waals surface area contributed by atoms with Crippen molar-refractivity contribution in [1.29, 1.82) is 0 Å². The van der Waals surface area contributed by atoms with Gasteiger partial charge < -0.3 is 9.47 Å². The average molecular weight is 317 g/mol. The summed E-state index contributed by atoms with van der Waals surface area (Å²) in [6.07, 6.45) is 0.589. The standard InChI is InChI=1S/C15H11NO5S/c17-9-10-1-4-15(12(7-10)16(18)19)22-11-2-3-13-14(8-11)21-6-5-20-13/h1-4,7-9H,5-6H2. The first-order chi connectivity index (χ1) is 10.7. The summed E-state index contributed by atoms with van der Waals surface area (Å²) >= 11 is 1.24. The Bertz CT molecular complexity index is 747. The largest absolute Gasteiger partial charge is 0.486 e. The van der Waals surface area contributed by atoms with Crippen LogP contribution in [0.25, 0.3) is 0 Å². The highest BCUT2D eigenvalue weighted by molar-refractivity contribution is 7.99. The van der Waals surface area contributed by atoms with Crippen LogP contribution in [0.4, 0.5) is 5.69 Å². The van der Waals surface area contributed by atoms with Crippen LogP contribution in [-0.4, -0.2) is 24.4 Å². The molecule has 1 aliphatic heterocycles. The van der Waals surface area contributed by atoms with Gasteiger partial charge in [-0.3, -0.25) is 14.9 Å². The Labute approximate surface area is 130 Å². The lowest BCUT2D eigenvalue weighted by Gasteiger charge is -2.18. The van der Waals surface area contributed by atoms with Crippen LogP contribution in [0.1, 0.15) is 10.4 Å². The zero-order valence-electron chi connectivity index (χ0n) is 11.4. The SMILES string of the molecule is O=Cc1ccc(Sc2ccc3c(c2)OCCO3)c([N+](=O)[O-])c1. The van der Waals surface area contributed by atoms with E-state index < -0.39 is 4.92 Å². The van der Waals surface area contributed by atoms with Gasteiger partial charge in [0.25, 0.3) is 5.69 Å². The first kappa shape index (κ1) is 14.4. The van der Waals surface area contributed by atoms with E-state index in [1.54, 1.807) is 24.3 Å². The number of hydrogen-bond donors (Lipinski definition) is 0. The number of aldehydes is 1. The first-order valence-corrected chi connectivity index (χ1v) is 7.30. The third-order valence-corrected chi connectivity index (χ3v) is 4.11. The molecule has 0 aromatic heterocycles. The molecule has 0 aliphatic carbocycles. The van der Waals surface area contributed by atoms with Crippen molar-refractivity contribution in [1.82, 2.24) is 0 Å². The van der Waals surface area contributed by atoms with E-state index >= 15 is 0 Å². The second-order valence-electron chi connectivity index (χ2n) is 4.51. The number of rotatable bonds is 4. The summed E-state index contributed by atoms with van der Waals surface area (Å²) in [4.78, 5) is 22.7. The minimum Gasteiger partial charge on any atom is -0.486 e. The number of nitro groups is 1. The van der Waals surface area contributed by atoms with Crippen molar-refractivity contribution in [3.05, 3.63) is 52.1 Å². The summed E-state index contributed by atoms with van der Waals surface area (Å²) in [6, 6.07) is 9.78. The van der Waals surface area contributed by atoms with Gasteiger partial charge in [0.05, 0.1) is 9.82 Å². The van der Waals surface area contributed by atoms with E-state index in [-0.39, 0.29) is 11.3 Å². The highest BCUT2D eigenvalue weighted by Crippen LogP contribution is 2.39. The van der Waals surface area contributed by atoms with Gasteiger partial charge in [-0.15, -0.1) is 0 Å². The monoisotopic (exact) mass is 317 g/mol. The van der Waals surface area contributed by atoms with Crippen LogP contribution in [0.15, 0.2) is 46.2 Å². The maximum absolute atomic E-state index is 11.1. The maximum Gasteiger partial charge on any atom is 0.283 e. The Balaban J connectivity index is 1.92. The topological polar surface area (TPSA) is 78.7 Å². The number of carbonyl (C=O) groups excluding carboxylic acids is 1. The summed E-state index contributed by atoms with van der Waals surface area (Å²) in [6.45, 7) is 0.993. The van der Waals surface area contributed by atoms with Crippen molar-refractivity contribution < 1.29 is 19.2 Å². The molecular formula is C15H11NO5S. The van der Waals surface area contributed by atoms with Gasteiger partial charge in [0.2, 0.25) is 0 Å². The Hall–Kier alpha value is -2.54. The number of fused-ring (bicyclic) bond motifs is 1. The second-order valence-corrected chi connectivity index (χ2v) is 5.63. The van der Waals surface area contributed by atoms with E-state index in [9.17, 15) is 14.9 Å². The van der Waals surface area contributed by atoms with Gasteiger partial charge in [-0.1, -0.05) is 17.8 Å². The number of nitro benzene ring substituents is 1. The summed E-state index contributed by atoms with van der Waals surface area (Å²) in [7, 11) is 0. The van der Waals surface area contributed by atoms with Gasteiger partial charge in [-0.25, -0.2) is 0 Å². The summed E-state index contributed by atoms with van der Waals surface area (Å²) < 4.78 is 10.9. The fourth-order valence-electron chi connectivity index (χ4n) is 2.05. The van der Waals surface area contributed by atoms with Crippen LogP contribution in [0, 0.1) is 10.1 Å². The molecule has 0 N–H and O–H groups in total. The van der Waals surface area contributed by atoms with Gasteiger partial charge in [0, 0.05) is 16.5 Å². The first-order valence-electron chi connectivity index (χ1n) is 6.48. The molecule has 6 nitrogen and oxygen atoms in total. The van der Waals surface area contributed by atoms with E-state index in [1.807, 2.05) is 6.07 Å². The fourth-order valence-corrected chi connectivity index (χ4v) is 2.98. The Morgan fingerprint density at radius 1 is 1.09 bits per heavy atom. The van der Waals surface area contributed by atoms with E-state index in [2.05, 4.69) is 0 Å². The predicted octanol–water partition coefficient (Wildman–Crippen LogP) is 3.33. The Morgan fingerprint density at radius 3 is 2.59 bits per heavy atom. The lowest BCUT2D eigenvalue weighted by atomic mass is 10.2. The molecule has 2 aromatic carbocycles. The van der Waals surface area contributed by atoms with E-state index in [1.165, 1.54) is 17.8 Å². The van der Waals surface area contributed by atoms with Gasteiger partial charge in [-0.2, -0.15) is 0 Å². The van der Waals surface area contributed by atoms with Gasteiger partial charge >= 0.3 is 0 Å². The molecule has 2 aromatic rings. The molecule has 0 radical (unpaired) electrons. The normalized spacial score (nSPS) is 12.7. The van der Waals surface area contributed by atoms with E-state index in [0.717, 1.165) is 4.90 Å². The zero-order valence-corrected chi connectivity index (χ0v) is 12.2. The van der Waals surface area contributed by atoms with Crippen LogP contribution in [0.3, 0.4) is 0 Å². The molecular weight excluding hydrogens is 306 g/mol. The third kappa shape index (κ3) is 2.89. The minimum absolute atomic E-state index is 0.0931. The summed E-state index contributed by atoms with van der Waals surface area (Å²) in [5, 5.41) is 11.1. The quantitative estimate of drug-likeness (QED) is 0.489. The van der Waals surface area contributed by atoms with Crippen molar-refractivity contribution >= 4 is 23.7 Å². The molecule has 0 spiro atoms. The zero-order chi connectivity index (χ0) is 15.5. The molecule has 1 aliphatic rings. The van der Waals surface area contributed by atoms with Crippen molar-refractivity contribution in [2.75, 3.05) is 13.2 Å². The lowest BCUT2D eigenvalue weighted by Crippen LogP contribution is -2.15. The molecule has 0 fully saturated rings. The lowest BCUT2D eigenvalue weighted by molar-refractivity contribution is -0.387. The molecule has 0 saturated carbocycles. The number of ether oxygens (including phenoxy) is 2. The van der Waals surface area contributed by atoms with Crippen LogP contribution < -0.4 is 9.47 Å². The highest BCUT2D eigenvalue weighted by Gasteiger charge is 2.17. The second kappa shape index (κ2) is 6.07. The molecule has 112 valence electrons. The van der Waals surface area contributed by atoms with Crippen LogP contribution in [0.5, 0.6) is 11.5 Å². The molecule has 0 atom stereocenters. The number of carbonyl (C=O) groups is 1. The van der Waals surface area contributed by atoms with Crippen LogP contribution >= 0.6 is 11.8 Å². The minimum atomic E-state index is -0.493. The molecule has 7 heteroatoms. The Morgan fingerprint density at radius 2 is 1.86 bits per heavy atom. The number of nitrogens with zero attached hydrogens (tertiary/aromatic N) is 1. The predicted molar refractivity (Wildman–Crippen MR) is 80.0 cm³/mol. The molecule has 0 unspecified atom stereocenters. The molecule has 0 amide bonds. The van der Waals surface area contributed by atoms with Crippen molar-refractivity contribution in [2.45, 2.75) is 9.79 Å². The van der Waals surface area contributed by atoms with Crippen LogP contribution in [0.2, 0.25) is 0 Å². The fraction of sp³-hybridized carbons (Fsp3) is 0.133. The van der Waals surface area contributed by atoms with E-state index in [0.29, 0.717) is 35.9 Å². The van der Waals surface area contributed by atoms with Gasteiger partial charge in [0.1, 0.15) is 19.5 Å². The molecule has 0 saturated heterocycles. The Kier molecular flexibility index (Phi) is 3.97. The number of benzene rings is 2. The molecule has 1 heterocycles. The van der Waals surface area contributed by atoms with Crippen molar-refractivity contribution in [2.24, 2.45) is 0 Å². The summed E-state index contributed by atoms with van der Waals surface area (Å²) in [5.74, 6) is 1.30. The smallest absolute Gasteiger partial charge is 0.283 e. The molecule has 0 bridgehead atoms. The van der Waals surface area contributed by atoms with E-state index in [4.69, 9.17) is 9.47 Å². The highest BCUT2D eigenvalue weighted by atomic mass is 32.2. The third-order valence-electron chi connectivity index (χ3n) is 3.06. The van der Waals surface area contributed by atoms with Crippen molar-refractivity contribution in [3.63, 3.8) is 0 Å². The van der Waals surface area contributed by atoms with Gasteiger partial charge in [-0.05, 0) is 24.3 Å². The number of hydrogen-bond acceptors (Lipinski definition) is 6. The maximum atomic E-state index is 11.1. The molecule has 3 rings (SSSR count). The summed E-state index contributed by atoms with van der Waals surface area (Å²) in [5.41, 5.74) is 0.183. The van der Waals surface area contributed by atoms with Crippen molar-refractivity contribution in [3.8, 4) is 11.5 Å².